The van der Waals surface area contributed by atoms with Gasteiger partial charge in [-0.25, -0.2) is 4.98 Å². The van der Waals surface area contributed by atoms with Gasteiger partial charge in [-0.2, -0.15) is 0 Å². The Hall–Kier alpha value is -3.27. The number of nitrogens with one attached hydrogen (secondary N) is 3. The van der Waals surface area contributed by atoms with Crippen LogP contribution in [0.15, 0.2) is 29.6 Å². The molecule has 2 aliphatic rings. The first-order chi connectivity index (χ1) is 16.4. The number of thiazole rings is 1. The monoisotopic (exact) mass is 483 g/mol. The van der Waals surface area contributed by atoms with Gasteiger partial charge < -0.3 is 20.9 Å². The number of benzene rings is 1. The Kier molecular flexibility index (Phi) is 7.56. The molecule has 2 aromatic rings. The van der Waals surface area contributed by atoms with Crippen LogP contribution < -0.4 is 16.0 Å². The number of carbonyl (C=O) groups is 4. The molecule has 1 saturated heterocycles. The van der Waals surface area contributed by atoms with Crippen molar-refractivity contribution in [3.63, 3.8) is 0 Å². The fourth-order valence-electron chi connectivity index (χ4n) is 3.97. The minimum absolute atomic E-state index is 0.0239. The average Bonchev–Trinajstić information content (AvgIpc) is 3.59. The zero-order valence-corrected chi connectivity index (χ0v) is 20.0. The number of aromatic nitrogens is 1. The summed E-state index contributed by atoms with van der Waals surface area (Å²) in [4.78, 5) is 56.0. The van der Waals surface area contributed by atoms with Gasteiger partial charge in [0.05, 0.1) is 12.1 Å². The maximum Gasteiger partial charge on any atom is 0.254 e. The highest BCUT2D eigenvalue weighted by molar-refractivity contribution is 7.13. The van der Waals surface area contributed by atoms with Crippen molar-refractivity contribution in [3.8, 4) is 0 Å². The predicted octanol–water partition coefficient (Wildman–Crippen LogP) is 2.02. The predicted molar refractivity (Wildman–Crippen MR) is 128 cm³/mol. The van der Waals surface area contributed by atoms with Gasteiger partial charge in [-0.3, -0.25) is 19.2 Å². The molecule has 9 nitrogen and oxygen atoms in total. The molecular formula is C24H29N5O4S. The number of carbonyl (C=O) groups excluding carboxylic acids is 4. The molecular weight excluding hydrogens is 454 g/mol. The van der Waals surface area contributed by atoms with Gasteiger partial charge in [0.1, 0.15) is 12.6 Å². The molecule has 10 heteroatoms. The Morgan fingerprint density at radius 2 is 1.94 bits per heavy atom. The van der Waals surface area contributed by atoms with Crippen molar-refractivity contribution in [2.75, 3.05) is 18.4 Å². The van der Waals surface area contributed by atoms with Crippen molar-refractivity contribution >= 4 is 40.1 Å². The third-order valence-electron chi connectivity index (χ3n) is 5.95. The molecule has 1 atom stereocenters. The van der Waals surface area contributed by atoms with Crippen LogP contribution in [0, 0.1) is 6.92 Å². The summed E-state index contributed by atoms with van der Waals surface area (Å²) >= 11 is 1.22. The molecule has 3 N–H and O–H groups in total. The second kappa shape index (κ2) is 10.8. The first-order valence-electron chi connectivity index (χ1n) is 11.6. The number of aryl methyl sites for hydroxylation is 1. The molecule has 0 bridgehead atoms. The maximum absolute atomic E-state index is 13.0. The van der Waals surface area contributed by atoms with Gasteiger partial charge in [-0.05, 0) is 50.7 Å². The van der Waals surface area contributed by atoms with E-state index in [4.69, 9.17) is 0 Å². The topological polar surface area (TPSA) is 120 Å². The van der Waals surface area contributed by atoms with Gasteiger partial charge in [0.2, 0.25) is 17.7 Å². The standard InChI is InChI=1S/C24H29N5O4S/c1-15-6-2-3-7-18(15)23(33)29(17-9-10-17)13-21(31)28-24-26-16(14-34-24)12-20(30)27-19-8-4-5-11-25-22(19)32/h2-3,6-7,14,17,19H,4-5,8-13H2,1H3,(H,25,32)(H,27,30)(H,26,28,31). The van der Waals surface area contributed by atoms with Crippen molar-refractivity contribution < 1.29 is 19.2 Å². The summed E-state index contributed by atoms with van der Waals surface area (Å²) < 4.78 is 0. The summed E-state index contributed by atoms with van der Waals surface area (Å²) in [6, 6.07) is 6.92. The van der Waals surface area contributed by atoms with Crippen LogP contribution in [0.1, 0.15) is 53.7 Å². The van der Waals surface area contributed by atoms with Gasteiger partial charge >= 0.3 is 0 Å². The van der Waals surface area contributed by atoms with Crippen molar-refractivity contribution in [2.45, 2.75) is 57.5 Å². The summed E-state index contributed by atoms with van der Waals surface area (Å²) in [6.45, 7) is 2.47. The van der Waals surface area contributed by atoms with E-state index in [1.165, 1.54) is 11.3 Å². The van der Waals surface area contributed by atoms with E-state index in [1.807, 2.05) is 25.1 Å². The molecule has 0 spiro atoms. The minimum Gasteiger partial charge on any atom is -0.354 e. The smallest absolute Gasteiger partial charge is 0.254 e. The first kappa shape index (κ1) is 23.9. The second-order valence-corrected chi connectivity index (χ2v) is 9.61. The summed E-state index contributed by atoms with van der Waals surface area (Å²) in [5.41, 5.74) is 2.00. The summed E-state index contributed by atoms with van der Waals surface area (Å²) in [7, 11) is 0. The lowest BCUT2D eigenvalue weighted by atomic mass is 10.1. The van der Waals surface area contributed by atoms with Crippen LogP contribution >= 0.6 is 11.3 Å². The molecule has 0 radical (unpaired) electrons. The molecule has 2 fully saturated rings. The van der Waals surface area contributed by atoms with E-state index in [0.717, 1.165) is 31.2 Å². The van der Waals surface area contributed by atoms with E-state index in [-0.39, 0.29) is 42.6 Å². The lowest BCUT2D eigenvalue weighted by molar-refractivity contribution is -0.128. The maximum atomic E-state index is 13.0. The van der Waals surface area contributed by atoms with Crippen molar-refractivity contribution in [2.24, 2.45) is 0 Å². The molecule has 1 aromatic heterocycles. The average molecular weight is 484 g/mol. The largest absolute Gasteiger partial charge is 0.354 e. The zero-order chi connectivity index (χ0) is 24.1. The lowest BCUT2D eigenvalue weighted by Gasteiger charge is -2.22. The SMILES string of the molecule is Cc1ccccc1C(=O)N(CC(=O)Nc1nc(CC(=O)NC2CCCCNC2=O)cs1)C1CC1. The molecule has 1 aromatic carbocycles. The van der Waals surface area contributed by atoms with E-state index in [1.54, 1.807) is 16.3 Å². The molecule has 34 heavy (non-hydrogen) atoms. The van der Waals surface area contributed by atoms with Crippen LogP contribution in [-0.4, -0.2) is 58.7 Å². The van der Waals surface area contributed by atoms with Crippen LogP contribution in [0.3, 0.4) is 0 Å². The number of rotatable bonds is 8. The van der Waals surface area contributed by atoms with Gasteiger partial charge in [0.25, 0.3) is 5.91 Å². The molecule has 1 aliphatic carbocycles. The molecule has 2 heterocycles. The summed E-state index contributed by atoms with van der Waals surface area (Å²) in [5.74, 6) is -0.907. The van der Waals surface area contributed by atoms with Crippen molar-refractivity contribution in [1.29, 1.82) is 0 Å². The highest BCUT2D eigenvalue weighted by Gasteiger charge is 2.35. The Bertz CT molecular complexity index is 1080. The fraction of sp³-hybridized carbons (Fsp3) is 0.458. The van der Waals surface area contributed by atoms with E-state index in [0.29, 0.717) is 29.4 Å². The number of hydrogen-bond donors (Lipinski definition) is 3. The lowest BCUT2D eigenvalue weighted by Crippen LogP contribution is -2.46. The molecule has 1 aliphatic heterocycles. The highest BCUT2D eigenvalue weighted by Crippen LogP contribution is 2.29. The zero-order valence-electron chi connectivity index (χ0n) is 19.1. The summed E-state index contributed by atoms with van der Waals surface area (Å²) in [6.07, 6.45) is 4.20. The Morgan fingerprint density at radius 1 is 1.15 bits per heavy atom. The molecule has 1 unspecified atom stereocenters. The van der Waals surface area contributed by atoms with E-state index >= 15 is 0 Å². The number of anilines is 1. The third-order valence-corrected chi connectivity index (χ3v) is 6.75. The van der Waals surface area contributed by atoms with Crippen molar-refractivity contribution in [1.82, 2.24) is 20.5 Å². The Morgan fingerprint density at radius 3 is 2.71 bits per heavy atom. The Balaban J connectivity index is 1.31. The minimum atomic E-state index is -0.521. The Labute approximate surface area is 202 Å². The van der Waals surface area contributed by atoms with Crippen LogP contribution in [0.2, 0.25) is 0 Å². The number of nitrogens with zero attached hydrogens (tertiary/aromatic N) is 2. The van der Waals surface area contributed by atoms with Gasteiger partial charge in [0.15, 0.2) is 5.13 Å². The second-order valence-electron chi connectivity index (χ2n) is 8.76. The van der Waals surface area contributed by atoms with Crippen LogP contribution in [0.4, 0.5) is 5.13 Å². The molecule has 4 amide bonds. The third kappa shape index (κ3) is 6.19. The first-order valence-corrected chi connectivity index (χ1v) is 12.5. The molecule has 4 rings (SSSR count). The number of hydrogen-bond acceptors (Lipinski definition) is 6. The van der Waals surface area contributed by atoms with E-state index < -0.39 is 6.04 Å². The van der Waals surface area contributed by atoms with Crippen LogP contribution in [0.5, 0.6) is 0 Å². The molecule has 180 valence electrons. The van der Waals surface area contributed by atoms with Gasteiger partial charge in [0, 0.05) is 23.5 Å². The normalized spacial score (nSPS) is 17.9. The summed E-state index contributed by atoms with van der Waals surface area (Å²) in [5, 5.41) is 10.4. The van der Waals surface area contributed by atoms with E-state index in [9.17, 15) is 19.2 Å². The molecule has 1 saturated carbocycles. The highest BCUT2D eigenvalue weighted by atomic mass is 32.1. The van der Waals surface area contributed by atoms with E-state index in [2.05, 4.69) is 20.9 Å². The van der Waals surface area contributed by atoms with Gasteiger partial charge in [-0.1, -0.05) is 18.2 Å². The number of amides is 4. The quantitative estimate of drug-likeness (QED) is 0.531. The fourth-order valence-corrected chi connectivity index (χ4v) is 4.69. The van der Waals surface area contributed by atoms with Crippen molar-refractivity contribution in [3.05, 3.63) is 46.5 Å². The van der Waals surface area contributed by atoms with Crippen LogP contribution in [-0.2, 0) is 20.8 Å². The van der Waals surface area contributed by atoms with Crippen LogP contribution in [0.25, 0.3) is 0 Å². The van der Waals surface area contributed by atoms with Gasteiger partial charge in [-0.15, -0.1) is 11.3 Å².